The first kappa shape index (κ1) is 11.6. The largest absolute Gasteiger partial charge is 0.821 e. The highest BCUT2D eigenvalue weighted by atomic mass is 32.4. The fraction of sp³-hybridized carbons (Fsp3) is 1.00. The summed E-state index contributed by atoms with van der Waals surface area (Å²) in [6, 6.07) is 0. The van der Waals surface area contributed by atoms with Gasteiger partial charge in [0.05, 0.1) is 12.2 Å². The number of rotatable bonds is 3. The molecule has 1 saturated heterocycles. The molecular formula is C9H18O2PS-. The quantitative estimate of drug-likeness (QED) is 0.678. The second-order valence-corrected chi connectivity index (χ2v) is 8.80. The van der Waals surface area contributed by atoms with Crippen LogP contribution in [0.25, 0.3) is 0 Å². The molecule has 1 rings (SSSR count). The predicted molar refractivity (Wildman–Crippen MR) is 57.8 cm³/mol. The van der Waals surface area contributed by atoms with Gasteiger partial charge in [-0.1, -0.05) is 6.92 Å². The molecule has 2 nitrogen and oxygen atoms in total. The third kappa shape index (κ3) is 3.67. The van der Waals surface area contributed by atoms with Crippen LogP contribution < -0.4 is 4.89 Å². The summed E-state index contributed by atoms with van der Waals surface area (Å²) >= 11 is 4.96. The van der Waals surface area contributed by atoms with Crippen LogP contribution in [0.15, 0.2) is 0 Å². The maximum absolute atomic E-state index is 11.5. The van der Waals surface area contributed by atoms with Gasteiger partial charge < -0.3 is 9.63 Å². The molecule has 0 N–H and O–H groups in total. The van der Waals surface area contributed by atoms with Gasteiger partial charge in [-0.25, -0.2) is 0 Å². The van der Waals surface area contributed by atoms with Crippen molar-refractivity contribution < 1.29 is 9.63 Å². The smallest absolute Gasteiger partial charge is 0.0608 e. The summed E-state index contributed by atoms with van der Waals surface area (Å²) in [5.41, 5.74) is 0. The van der Waals surface area contributed by atoms with Crippen LogP contribution in [-0.2, 0) is 16.5 Å². The summed E-state index contributed by atoms with van der Waals surface area (Å²) in [4.78, 5) is 11.5. The molecule has 0 aromatic rings. The molecule has 78 valence electrons. The van der Waals surface area contributed by atoms with Crippen LogP contribution in [0.4, 0.5) is 0 Å². The summed E-state index contributed by atoms with van der Waals surface area (Å²) in [6.45, 7) is 5.88. The molecule has 0 bridgehead atoms. The first-order chi connectivity index (χ1) is 5.92. The molecular weight excluding hydrogens is 203 g/mol. The van der Waals surface area contributed by atoms with E-state index >= 15 is 0 Å². The van der Waals surface area contributed by atoms with Crippen molar-refractivity contribution >= 4 is 18.1 Å². The molecule has 1 fully saturated rings. The van der Waals surface area contributed by atoms with Crippen LogP contribution in [0, 0.1) is 5.92 Å². The van der Waals surface area contributed by atoms with Gasteiger partial charge in [-0.3, -0.25) is 0 Å². The summed E-state index contributed by atoms with van der Waals surface area (Å²) in [7, 11) is 0. The fourth-order valence-corrected chi connectivity index (χ4v) is 3.90. The van der Waals surface area contributed by atoms with E-state index in [4.69, 9.17) is 16.5 Å². The topological polar surface area (TPSA) is 32.3 Å². The lowest BCUT2D eigenvalue weighted by Crippen LogP contribution is -2.20. The zero-order valence-electron chi connectivity index (χ0n) is 8.53. The van der Waals surface area contributed by atoms with Crippen LogP contribution in [-0.4, -0.2) is 25.0 Å². The van der Waals surface area contributed by atoms with Crippen LogP contribution in [0.2, 0.25) is 0 Å². The van der Waals surface area contributed by atoms with Gasteiger partial charge in [0.25, 0.3) is 0 Å². The lowest BCUT2D eigenvalue weighted by molar-refractivity contribution is -0.160. The minimum Gasteiger partial charge on any atom is -0.821 e. The van der Waals surface area contributed by atoms with Gasteiger partial charge in [0.2, 0.25) is 0 Å². The maximum atomic E-state index is 11.5. The monoisotopic (exact) mass is 221 g/mol. The second-order valence-electron chi connectivity index (χ2n) is 4.09. The molecule has 2 unspecified atom stereocenters. The van der Waals surface area contributed by atoms with Gasteiger partial charge >= 0.3 is 0 Å². The molecule has 4 heteroatoms. The molecule has 4 atom stereocenters. The Morgan fingerprint density at radius 1 is 1.62 bits per heavy atom. The van der Waals surface area contributed by atoms with Crippen LogP contribution in [0.1, 0.15) is 26.7 Å². The molecule has 0 spiro atoms. The van der Waals surface area contributed by atoms with Gasteiger partial charge in [0.1, 0.15) is 0 Å². The molecule has 1 aliphatic heterocycles. The molecule has 0 aliphatic carbocycles. The van der Waals surface area contributed by atoms with Gasteiger partial charge in [-0.05, 0) is 38.5 Å². The standard InChI is InChI=1S/C9H19O2PS/c1-4-9-8(5-7(2)11-9)6-12(3,10)13/h7-9H,4-6H2,1-3H3,(H,10,13)/p-1/t7-,8?,9+,12?/m0/s1. The molecule has 0 aromatic heterocycles. The highest BCUT2D eigenvalue weighted by Gasteiger charge is 2.31. The first-order valence-electron chi connectivity index (χ1n) is 4.85. The highest BCUT2D eigenvalue weighted by Crippen LogP contribution is 2.40. The van der Waals surface area contributed by atoms with Crippen LogP contribution >= 0.6 is 6.26 Å². The van der Waals surface area contributed by atoms with E-state index in [0.717, 1.165) is 12.8 Å². The Morgan fingerprint density at radius 3 is 2.69 bits per heavy atom. The zero-order valence-corrected chi connectivity index (χ0v) is 10.2. The number of hydrogen-bond acceptors (Lipinski definition) is 3. The molecule has 1 heterocycles. The molecule has 13 heavy (non-hydrogen) atoms. The van der Waals surface area contributed by atoms with Crippen molar-refractivity contribution in [3.8, 4) is 0 Å². The van der Waals surface area contributed by atoms with E-state index in [1.165, 1.54) is 0 Å². The Labute approximate surface area is 85.8 Å². The van der Waals surface area contributed by atoms with Crippen molar-refractivity contribution in [1.82, 2.24) is 0 Å². The normalized spacial score (nSPS) is 38.9. The first-order valence-corrected chi connectivity index (χ1v) is 8.20. The Balaban J connectivity index is 2.54. The Hall–Kier alpha value is 0.570. The van der Waals surface area contributed by atoms with Crippen molar-refractivity contribution in [3.63, 3.8) is 0 Å². The van der Waals surface area contributed by atoms with Crippen molar-refractivity contribution in [3.05, 3.63) is 0 Å². The van der Waals surface area contributed by atoms with Crippen molar-refractivity contribution in [2.75, 3.05) is 12.8 Å². The SMILES string of the molecule is CC[C@H]1O[C@@H](C)CC1CP(C)([O-])=S. The Kier molecular flexibility index (Phi) is 3.94. The van der Waals surface area contributed by atoms with Crippen molar-refractivity contribution in [2.24, 2.45) is 5.92 Å². The summed E-state index contributed by atoms with van der Waals surface area (Å²) in [5, 5.41) is 0. The number of ether oxygens (including phenoxy) is 1. The second kappa shape index (κ2) is 4.39. The average Bonchev–Trinajstić information content (AvgIpc) is 2.27. The summed E-state index contributed by atoms with van der Waals surface area (Å²) in [6.07, 6.45) is 1.01. The van der Waals surface area contributed by atoms with E-state index in [0.29, 0.717) is 18.2 Å². The van der Waals surface area contributed by atoms with Gasteiger partial charge in [-0.15, -0.1) is 18.1 Å². The molecule has 0 amide bonds. The molecule has 0 radical (unpaired) electrons. The molecule has 1 aliphatic rings. The van der Waals surface area contributed by atoms with E-state index in [-0.39, 0.29) is 6.10 Å². The number of hydrogen-bond donors (Lipinski definition) is 0. The Morgan fingerprint density at radius 2 is 2.23 bits per heavy atom. The third-order valence-electron chi connectivity index (χ3n) is 2.54. The predicted octanol–water partition coefficient (Wildman–Crippen LogP) is 1.57. The zero-order chi connectivity index (χ0) is 10.1. The minimum absolute atomic E-state index is 0.284. The van der Waals surface area contributed by atoms with E-state index < -0.39 is 6.26 Å². The lowest BCUT2D eigenvalue weighted by atomic mass is 10.0. The van der Waals surface area contributed by atoms with Crippen molar-refractivity contribution in [2.45, 2.75) is 38.9 Å². The summed E-state index contributed by atoms with van der Waals surface area (Å²) < 4.78 is 5.70. The van der Waals surface area contributed by atoms with Crippen LogP contribution in [0.3, 0.4) is 0 Å². The van der Waals surface area contributed by atoms with E-state index in [1.54, 1.807) is 6.66 Å². The highest BCUT2D eigenvalue weighted by molar-refractivity contribution is 8.10. The molecule has 0 saturated carbocycles. The van der Waals surface area contributed by atoms with E-state index in [2.05, 4.69) is 13.8 Å². The molecule has 0 aromatic carbocycles. The minimum atomic E-state index is -2.29. The van der Waals surface area contributed by atoms with E-state index in [1.807, 2.05) is 0 Å². The van der Waals surface area contributed by atoms with Gasteiger partial charge in [-0.2, -0.15) is 0 Å². The van der Waals surface area contributed by atoms with E-state index in [9.17, 15) is 4.89 Å². The Bertz CT molecular complexity index is 214. The maximum Gasteiger partial charge on any atom is 0.0608 e. The lowest BCUT2D eigenvalue weighted by Gasteiger charge is -2.28. The third-order valence-corrected chi connectivity index (χ3v) is 4.12. The average molecular weight is 221 g/mol. The van der Waals surface area contributed by atoms with Crippen molar-refractivity contribution in [1.29, 1.82) is 0 Å². The summed E-state index contributed by atoms with van der Waals surface area (Å²) in [5.74, 6) is 0.424. The van der Waals surface area contributed by atoms with Gasteiger partial charge in [0, 0.05) is 0 Å². The fourth-order valence-electron chi connectivity index (χ4n) is 2.09. The van der Waals surface area contributed by atoms with Gasteiger partial charge in [0.15, 0.2) is 0 Å². The van der Waals surface area contributed by atoms with Crippen LogP contribution in [0.5, 0.6) is 0 Å².